The average molecular weight is 1140 g/mol. The van der Waals surface area contributed by atoms with Crippen molar-refractivity contribution in [1.82, 2.24) is 0 Å². The van der Waals surface area contributed by atoms with Gasteiger partial charge in [0.05, 0.1) is 40.3 Å². The minimum Gasteiger partial charge on any atom is -0.545 e. The topological polar surface area (TPSA) is 111 Å². The van der Waals surface area contributed by atoms with Gasteiger partial charge in [0.15, 0.2) is 12.4 Å². The first-order valence-electron chi connectivity index (χ1n) is 34.4. The molecule has 0 radical (unpaired) electrons. The maximum Gasteiger partial charge on any atom is 0.306 e. The van der Waals surface area contributed by atoms with E-state index < -0.39 is 24.3 Å². The smallest absolute Gasteiger partial charge is 0.306 e. The lowest BCUT2D eigenvalue weighted by molar-refractivity contribution is -0.870. The van der Waals surface area contributed by atoms with Crippen LogP contribution in [0.15, 0.2) is 60.8 Å². The highest BCUT2D eigenvalue weighted by Gasteiger charge is 2.22. The lowest BCUT2D eigenvalue weighted by atomic mass is 10.0. The zero-order valence-electron chi connectivity index (χ0n) is 53.9. The molecule has 0 aromatic heterocycles. The monoisotopic (exact) mass is 1140 g/mol. The first-order chi connectivity index (χ1) is 39.6. The maximum absolute atomic E-state index is 12.9. The van der Waals surface area contributed by atoms with Crippen molar-refractivity contribution >= 4 is 17.9 Å². The molecule has 0 heterocycles. The minimum absolute atomic E-state index is 0.147. The number of nitrogens with zero attached hydrogens (tertiary/aromatic N) is 1. The number of aliphatic carboxylic acids is 1. The number of unbranched alkanes of at least 4 members (excludes halogenated alkanes) is 39. The number of hydrogen-bond acceptors (Lipinski definition) is 8. The van der Waals surface area contributed by atoms with Gasteiger partial charge in [-0.15, -0.1) is 0 Å². The van der Waals surface area contributed by atoms with Gasteiger partial charge in [0.2, 0.25) is 0 Å². The van der Waals surface area contributed by atoms with Crippen molar-refractivity contribution < 1.29 is 42.9 Å². The second-order valence-corrected chi connectivity index (χ2v) is 24.4. The summed E-state index contributed by atoms with van der Waals surface area (Å²) in [6.07, 6.45) is 78.8. The summed E-state index contributed by atoms with van der Waals surface area (Å²) >= 11 is 0. The van der Waals surface area contributed by atoms with Gasteiger partial charge < -0.3 is 33.3 Å². The third-order valence-corrected chi connectivity index (χ3v) is 15.2. The molecule has 0 fully saturated rings. The van der Waals surface area contributed by atoms with Gasteiger partial charge in [-0.05, 0) is 77.0 Å². The van der Waals surface area contributed by atoms with Crippen LogP contribution in [0.1, 0.15) is 322 Å². The molecule has 9 nitrogen and oxygen atoms in total. The Bertz CT molecular complexity index is 1510. The second-order valence-electron chi connectivity index (χ2n) is 24.4. The van der Waals surface area contributed by atoms with E-state index in [4.69, 9.17) is 18.9 Å². The molecule has 0 aliphatic heterocycles. The lowest BCUT2D eigenvalue weighted by Crippen LogP contribution is -2.44. The number of carbonyl (C=O) groups excluding carboxylic acids is 3. The average Bonchev–Trinajstić information content (AvgIpc) is 3.44. The van der Waals surface area contributed by atoms with E-state index in [0.717, 1.165) is 70.6 Å². The molecule has 0 saturated carbocycles. The van der Waals surface area contributed by atoms with Gasteiger partial charge in [-0.3, -0.25) is 9.59 Å². The number of allylic oxidation sites excluding steroid dienone is 10. The number of likely N-dealkylation sites (N-methyl/N-ethyl adjacent to an activating group) is 1. The highest BCUT2D eigenvalue weighted by Crippen LogP contribution is 2.18. The molecular formula is C72H131NO8. The first-order valence-corrected chi connectivity index (χ1v) is 34.4. The van der Waals surface area contributed by atoms with Gasteiger partial charge in [-0.25, -0.2) is 0 Å². The minimum atomic E-state index is -1.62. The number of carboxylic acids is 1. The zero-order valence-corrected chi connectivity index (χ0v) is 53.9. The molecule has 0 amide bonds. The number of hydrogen-bond donors (Lipinski definition) is 0. The number of carboxylic acid groups (broad SMARTS) is 1. The van der Waals surface area contributed by atoms with Gasteiger partial charge in [0.1, 0.15) is 13.2 Å². The molecule has 0 aromatic carbocycles. The molecule has 0 aliphatic rings. The molecule has 472 valence electrons. The lowest BCUT2D eigenvalue weighted by Gasteiger charge is -2.26. The fourth-order valence-corrected chi connectivity index (χ4v) is 10.00. The van der Waals surface area contributed by atoms with Crippen molar-refractivity contribution in [2.24, 2.45) is 0 Å². The Morgan fingerprint density at radius 2 is 0.704 bits per heavy atom. The Kier molecular flexibility index (Phi) is 60.7. The molecule has 0 bridgehead atoms. The molecular weight excluding hydrogens is 1010 g/mol. The number of rotatable bonds is 64. The van der Waals surface area contributed by atoms with Crippen LogP contribution in [-0.4, -0.2) is 82.3 Å². The van der Waals surface area contributed by atoms with Gasteiger partial charge in [0, 0.05) is 12.8 Å². The van der Waals surface area contributed by atoms with E-state index in [9.17, 15) is 19.5 Å². The van der Waals surface area contributed by atoms with Crippen LogP contribution in [-0.2, 0) is 33.3 Å². The van der Waals surface area contributed by atoms with E-state index >= 15 is 0 Å². The molecule has 81 heavy (non-hydrogen) atoms. The van der Waals surface area contributed by atoms with Crippen LogP contribution in [0, 0.1) is 0 Å². The van der Waals surface area contributed by atoms with Crippen molar-refractivity contribution in [3.63, 3.8) is 0 Å². The summed E-state index contributed by atoms with van der Waals surface area (Å²) in [4.78, 5) is 37.4. The standard InChI is InChI=1S/C72H131NO8/c1-6-8-10-12-14-16-18-20-22-24-26-28-30-31-32-33-34-35-36-37-38-39-41-42-44-46-48-50-52-54-56-58-60-62-69(74)79-66-68(67-80-72(71(76)77)78-65-64-73(3,4)5)81-70(75)63-61-59-57-55-53-51-49-47-45-43-40-29-27-25-23-21-19-17-15-13-11-9-7-2/h9,11,15,17,21,23-24,26-27,29,68,72H,6-8,10,12-14,16,18-20,22,25,28,30-67H2,1-5H3/b11-9-,17-15-,23-21-,26-24-,29-27-. The predicted molar refractivity (Wildman–Crippen MR) is 343 cm³/mol. The van der Waals surface area contributed by atoms with Crippen molar-refractivity contribution in [3.8, 4) is 0 Å². The largest absolute Gasteiger partial charge is 0.545 e. The van der Waals surface area contributed by atoms with Crippen molar-refractivity contribution in [3.05, 3.63) is 60.8 Å². The second kappa shape index (κ2) is 63.0. The summed E-state index contributed by atoms with van der Waals surface area (Å²) in [7, 11) is 5.93. The Balaban J connectivity index is 4.06. The highest BCUT2D eigenvalue weighted by molar-refractivity contribution is 5.70. The Morgan fingerprint density at radius 3 is 1.06 bits per heavy atom. The quantitative estimate of drug-likeness (QED) is 0.0195. The van der Waals surface area contributed by atoms with Crippen LogP contribution in [0.25, 0.3) is 0 Å². The molecule has 0 aromatic rings. The number of ether oxygens (including phenoxy) is 4. The van der Waals surface area contributed by atoms with Crippen molar-refractivity contribution in [1.29, 1.82) is 0 Å². The first kappa shape index (κ1) is 78.0. The predicted octanol–water partition coefficient (Wildman–Crippen LogP) is 19.8. The van der Waals surface area contributed by atoms with Gasteiger partial charge >= 0.3 is 11.9 Å². The van der Waals surface area contributed by atoms with Gasteiger partial charge in [-0.1, -0.05) is 293 Å². The van der Waals surface area contributed by atoms with Gasteiger partial charge in [0.25, 0.3) is 0 Å². The van der Waals surface area contributed by atoms with Gasteiger partial charge in [-0.2, -0.15) is 0 Å². The zero-order chi connectivity index (χ0) is 59.1. The molecule has 0 N–H and O–H groups in total. The van der Waals surface area contributed by atoms with E-state index in [0.29, 0.717) is 23.9 Å². The van der Waals surface area contributed by atoms with Crippen LogP contribution in [0.4, 0.5) is 0 Å². The molecule has 0 aliphatic carbocycles. The Hall–Kier alpha value is -3.01. The van der Waals surface area contributed by atoms with Crippen molar-refractivity contribution in [2.75, 3.05) is 47.5 Å². The van der Waals surface area contributed by atoms with Crippen LogP contribution in [0.5, 0.6) is 0 Å². The van der Waals surface area contributed by atoms with Crippen LogP contribution in [0.3, 0.4) is 0 Å². The fourth-order valence-electron chi connectivity index (χ4n) is 10.00. The van der Waals surface area contributed by atoms with E-state index in [2.05, 4.69) is 74.6 Å². The number of carbonyl (C=O) groups is 3. The van der Waals surface area contributed by atoms with Crippen LogP contribution >= 0.6 is 0 Å². The Morgan fingerprint density at radius 1 is 0.383 bits per heavy atom. The van der Waals surface area contributed by atoms with E-state index in [1.165, 1.54) is 218 Å². The third kappa shape index (κ3) is 64.4. The summed E-state index contributed by atoms with van der Waals surface area (Å²) in [6, 6.07) is 0. The molecule has 0 rings (SSSR count). The van der Waals surface area contributed by atoms with E-state index in [-0.39, 0.29) is 32.2 Å². The van der Waals surface area contributed by atoms with Crippen molar-refractivity contribution in [2.45, 2.75) is 334 Å². The van der Waals surface area contributed by atoms with E-state index in [1.54, 1.807) is 0 Å². The summed E-state index contributed by atoms with van der Waals surface area (Å²) in [6.45, 7) is 4.67. The summed E-state index contributed by atoms with van der Waals surface area (Å²) in [5, 5.41) is 11.8. The molecule has 0 spiro atoms. The SMILES string of the molecule is CC/C=C\C/C=C\C/C=C\C/C=C\CCCCCCCCCCCCC(=O)OC(COC(=O)CCCCCCCCCCCCCCCCCCCCCCC/C=C\CCCCCCCCCC)COC(OCC[N+](C)(C)C)C(=O)[O-]. The maximum atomic E-state index is 12.9. The summed E-state index contributed by atoms with van der Waals surface area (Å²) < 4.78 is 22.8. The Labute approximate surface area is 501 Å². The molecule has 2 unspecified atom stereocenters. The summed E-state index contributed by atoms with van der Waals surface area (Å²) in [5.74, 6) is -2.27. The summed E-state index contributed by atoms with van der Waals surface area (Å²) in [5.41, 5.74) is 0. The third-order valence-electron chi connectivity index (χ3n) is 15.2. The van der Waals surface area contributed by atoms with Crippen LogP contribution < -0.4 is 5.11 Å². The normalized spacial score (nSPS) is 13.0. The molecule has 0 saturated heterocycles. The number of esters is 2. The van der Waals surface area contributed by atoms with Crippen LogP contribution in [0.2, 0.25) is 0 Å². The molecule has 9 heteroatoms. The van der Waals surface area contributed by atoms with E-state index in [1.807, 2.05) is 21.1 Å². The number of quaternary nitrogens is 1. The highest BCUT2D eigenvalue weighted by atomic mass is 16.7. The fraction of sp³-hybridized carbons (Fsp3) is 0.819. The molecule has 2 atom stereocenters.